The smallest absolute Gasteiger partial charge is 0.306 e. The van der Waals surface area contributed by atoms with Crippen molar-refractivity contribution in [2.45, 2.75) is 38.8 Å². The largest absolute Gasteiger partial charge is 0.481 e. The average molecular weight is 279 g/mol. The lowest BCUT2D eigenvalue weighted by molar-refractivity contribution is -0.145. The summed E-state index contributed by atoms with van der Waals surface area (Å²) in [7, 11) is 1.58. The van der Waals surface area contributed by atoms with Crippen molar-refractivity contribution in [2.75, 3.05) is 13.7 Å². The Kier molecular flexibility index (Phi) is 4.23. The Morgan fingerprint density at radius 3 is 2.95 bits per heavy atom. The lowest BCUT2D eigenvalue weighted by atomic mass is 9.82. The van der Waals surface area contributed by atoms with E-state index in [1.165, 1.54) is 0 Å². The van der Waals surface area contributed by atoms with E-state index in [4.69, 9.17) is 9.84 Å². The number of aromatic nitrogens is 2. The molecule has 0 spiro atoms. The minimum absolute atomic E-state index is 0.173. The van der Waals surface area contributed by atoms with Gasteiger partial charge in [-0.2, -0.15) is 4.98 Å². The molecular weight excluding hydrogens is 258 g/mol. The zero-order valence-corrected chi connectivity index (χ0v) is 12.2. The molecule has 0 amide bonds. The molecule has 2 rings (SSSR count). The molecule has 1 saturated heterocycles. The van der Waals surface area contributed by atoms with Crippen LogP contribution >= 0.6 is 0 Å². The normalized spacial score (nSPS) is 22.4. The highest BCUT2D eigenvalue weighted by Gasteiger charge is 2.37. The molecule has 1 atom stereocenters. The molecule has 2 heterocycles. The van der Waals surface area contributed by atoms with Gasteiger partial charge in [-0.3, -0.25) is 9.69 Å². The lowest BCUT2D eigenvalue weighted by Crippen LogP contribution is -2.50. The van der Waals surface area contributed by atoms with Crippen molar-refractivity contribution in [1.82, 2.24) is 14.9 Å². The van der Waals surface area contributed by atoms with Gasteiger partial charge in [0, 0.05) is 17.8 Å². The highest BCUT2D eigenvalue weighted by molar-refractivity contribution is 5.70. The maximum absolute atomic E-state index is 11.1. The van der Waals surface area contributed by atoms with Crippen LogP contribution in [0.2, 0.25) is 0 Å². The van der Waals surface area contributed by atoms with Crippen LogP contribution in [0.15, 0.2) is 12.3 Å². The Balaban J connectivity index is 2.07. The first-order valence-corrected chi connectivity index (χ1v) is 6.76. The van der Waals surface area contributed by atoms with Gasteiger partial charge in [-0.05, 0) is 33.2 Å². The van der Waals surface area contributed by atoms with E-state index in [2.05, 4.69) is 28.7 Å². The maximum Gasteiger partial charge on any atom is 0.306 e. The van der Waals surface area contributed by atoms with Crippen LogP contribution < -0.4 is 4.74 Å². The quantitative estimate of drug-likeness (QED) is 0.901. The molecule has 6 nitrogen and oxygen atoms in total. The van der Waals surface area contributed by atoms with Crippen LogP contribution in [0.5, 0.6) is 5.88 Å². The van der Waals surface area contributed by atoms with Crippen LogP contribution in [-0.4, -0.2) is 45.1 Å². The SMILES string of the molecule is COc1ccnc(CN2CCC(C(=O)O)CC2(C)C)n1. The zero-order chi connectivity index (χ0) is 14.8. The van der Waals surface area contributed by atoms with E-state index in [9.17, 15) is 4.79 Å². The van der Waals surface area contributed by atoms with Crippen LogP contribution in [0.4, 0.5) is 0 Å². The van der Waals surface area contributed by atoms with Crippen LogP contribution in [0, 0.1) is 5.92 Å². The topological polar surface area (TPSA) is 75.5 Å². The maximum atomic E-state index is 11.1. The second-order valence-electron chi connectivity index (χ2n) is 5.78. The number of piperidine rings is 1. The van der Waals surface area contributed by atoms with E-state index in [1.807, 2.05) is 0 Å². The fraction of sp³-hybridized carbons (Fsp3) is 0.643. The Labute approximate surface area is 118 Å². The molecule has 0 aliphatic carbocycles. The fourth-order valence-corrected chi connectivity index (χ4v) is 2.69. The summed E-state index contributed by atoms with van der Waals surface area (Å²) in [5.74, 6) is 0.294. The molecule has 1 aromatic heterocycles. The Hall–Kier alpha value is -1.69. The monoisotopic (exact) mass is 279 g/mol. The molecule has 20 heavy (non-hydrogen) atoms. The fourth-order valence-electron chi connectivity index (χ4n) is 2.69. The first-order chi connectivity index (χ1) is 9.42. The third-order valence-electron chi connectivity index (χ3n) is 3.92. The van der Waals surface area contributed by atoms with E-state index >= 15 is 0 Å². The van der Waals surface area contributed by atoms with Gasteiger partial charge in [0.1, 0.15) is 5.82 Å². The zero-order valence-electron chi connectivity index (χ0n) is 12.2. The molecule has 0 bridgehead atoms. The molecule has 0 radical (unpaired) electrons. The van der Waals surface area contributed by atoms with Crippen molar-refractivity contribution in [3.8, 4) is 5.88 Å². The van der Waals surface area contributed by atoms with Gasteiger partial charge in [0.05, 0.1) is 19.6 Å². The van der Waals surface area contributed by atoms with E-state index in [-0.39, 0.29) is 11.5 Å². The molecule has 6 heteroatoms. The summed E-state index contributed by atoms with van der Waals surface area (Å²) in [5, 5.41) is 9.16. The Bertz CT molecular complexity index is 490. The summed E-state index contributed by atoms with van der Waals surface area (Å²) >= 11 is 0. The molecule has 1 N–H and O–H groups in total. The van der Waals surface area contributed by atoms with E-state index in [0.29, 0.717) is 31.1 Å². The van der Waals surface area contributed by atoms with Gasteiger partial charge in [0.2, 0.25) is 5.88 Å². The van der Waals surface area contributed by atoms with Gasteiger partial charge in [-0.1, -0.05) is 0 Å². The summed E-state index contributed by atoms with van der Waals surface area (Å²) < 4.78 is 5.10. The highest BCUT2D eigenvalue weighted by Crippen LogP contribution is 2.32. The predicted molar refractivity (Wildman–Crippen MR) is 73.4 cm³/mol. The number of carbonyl (C=O) groups is 1. The number of ether oxygens (including phenoxy) is 1. The number of carboxylic acid groups (broad SMARTS) is 1. The number of carboxylic acids is 1. The highest BCUT2D eigenvalue weighted by atomic mass is 16.5. The molecule has 1 fully saturated rings. The second-order valence-corrected chi connectivity index (χ2v) is 5.78. The summed E-state index contributed by atoms with van der Waals surface area (Å²) in [6, 6.07) is 1.71. The number of aliphatic carboxylic acids is 1. The molecule has 0 saturated carbocycles. The van der Waals surface area contributed by atoms with Crippen molar-refractivity contribution < 1.29 is 14.6 Å². The average Bonchev–Trinajstić information content (AvgIpc) is 2.40. The van der Waals surface area contributed by atoms with Crippen molar-refractivity contribution >= 4 is 5.97 Å². The number of hydrogen-bond donors (Lipinski definition) is 1. The van der Waals surface area contributed by atoms with Crippen molar-refractivity contribution in [2.24, 2.45) is 5.92 Å². The molecule has 110 valence electrons. The van der Waals surface area contributed by atoms with Crippen molar-refractivity contribution in [3.63, 3.8) is 0 Å². The van der Waals surface area contributed by atoms with Crippen LogP contribution in [0.1, 0.15) is 32.5 Å². The number of hydrogen-bond acceptors (Lipinski definition) is 5. The van der Waals surface area contributed by atoms with Crippen molar-refractivity contribution in [1.29, 1.82) is 0 Å². The van der Waals surface area contributed by atoms with Crippen LogP contribution in [-0.2, 0) is 11.3 Å². The number of nitrogens with zero attached hydrogens (tertiary/aromatic N) is 3. The molecular formula is C14H21N3O3. The molecule has 1 aliphatic rings. The summed E-state index contributed by atoms with van der Waals surface area (Å²) in [6.45, 7) is 5.49. The Morgan fingerprint density at radius 2 is 2.35 bits per heavy atom. The van der Waals surface area contributed by atoms with Crippen LogP contribution in [0.25, 0.3) is 0 Å². The van der Waals surface area contributed by atoms with Crippen molar-refractivity contribution in [3.05, 3.63) is 18.1 Å². The van der Waals surface area contributed by atoms with Gasteiger partial charge < -0.3 is 9.84 Å². The standard InChI is InChI=1S/C14H21N3O3/c1-14(2)8-10(13(18)19)5-7-17(14)9-11-15-6-4-12(16-11)20-3/h4,6,10H,5,7-9H2,1-3H3,(H,18,19). The van der Waals surface area contributed by atoms with E-state index in [0.717, 1.165) is 6.54 Å². The third-order valence-corrected chi connectivity index (χ3v) is 3.92. The first-order valence-electron chi connectivity index (χ1n) is 6.76. The Morgan fingerprint density at radius 1 is 1.60 bits per heavy atom. The summed E-state index contributed by atoms with van der Waals surface area (Å²) in [4.78, 5) is 21.9. The lowest BCUT2D eigenvalue weighted by Gasteiger charge is -2.44. The minimum atomic E-state index is -0.699. The van der Waals surface area contributed by atoms with Crippen LogP contribution in [0.3, 0.4) is 0 Å². The van der Waals surface area contributed by atoms with Gasteiger partial charge >= 0.3 is 5.97 Å². The molecule has 1 aromatic rings. The van der Waals surface area contributed by atoms with Gasteiger partial charge in [-0.15, -0.1) is 0 Å². The molecule has 1 aliphatic heterocycles. The predicted octanol–water partition coefficient (Wildman–Crippen LogP) is 1.56. The number of likely N-dealkylation sites (tertiary alicyclic amines) is 1. The number of methoxy groups -OCH3 is 1. The third kappa shape index (κ3) is 3.25. The van der Waals surface area contributed by atoms with E-state index < -0.39 is 5.97 Å². The van der Waals surface area contributed by atoms with Gasteiger partial charge in [0.25, 0.3) is 0 Å². The summed E-state index contributed by atoms with van der Waals surface area (Å²) in [5.41, 5.74) is -0.173. The summed E-state index contributed by atoms with van der Waals surface area (Å²) in [6.07, 6.45) is 2.99. The van der Waals surface area contributed by atoms with Gasteiger partial charge in [0.15, 0.2) is 0 Å². The second kappa shape index (κ2) is 5.75. The molecule has 0 aromatic carbocycles. The minimum Gasteiger partial charge on any atom is -0.481 e. The van der Waals surface area contributed by atoms with E-state index in [1.54, 1.807) is 19.4 Å². The molecule has 1 unspecified atom stereocenters. The number of rotatable bonds is 4. The van der Waals surface area contributed by atoms with Gasteiger partial charge in [-0.25, -0.2) is 4.98 Å². The first kappa shape index (κ1) is 14.7.